The summed E-state index contributed by atoms with van der Waals surface area (Å²) in [5.41, 5.74) is 0.320. The number of carbonyl (C=O) groups is 1. The summed E-state index contributed by atoms with van der Waals surface area (Å²) in [5.74, 6) is -1.06. The number of pyridine rings is 1. The maximum atomic E-state index is 11.3. The molecule has 1 aromatic heterocycles. The monoisotopic (exact) mass is 252 g/mol. The van der Waals surface area contributed by atoms with Crippen molar-refractivity contribution in [3.05, 3.63) is 30.1 Å². The molecule has 1 aromatic rings. The van der Waals surface area contributed by atoms with E-state index < -0.39 is 21.8 Å². The summed E-state index contributed by atoms with van der Waals surface area (Å²) in [6.45, 7) is -0.195. The number of nitrogens with one attached hydrogen (secondary N) is 1. The normalized spacial score (nSPS) is 10.3. The Morgan fingerprint density at radius 2 is 2.19 bits per heavy atom. The molecule has 0 saturated carbocycles. The Kier molecular flexibility index (Phi) is 6.77. The van der Waals surface area contributed by atoms with Gasteiger partial charge in [-0.25, -0.2) is 8.42 Å². The van der Waals surface area contributed by atoms with Crippen LogP contribution in [0, 0.1) is 0 Å². The van der Waals surface area contributed by atoms with Gasteiger partial charge in [-0.3, -0.25) is 9.78 Å². The fourth-order valence-corrected chi connectivity index (χ4v) is 1.24. The van der Waals surface area contributed by atoms with Crippen molar-refractivity contribution in [2.24, 2.45) is 0 Å². The number of nitrogens with zero attached hydrogens (tertiary/aromatic N) is 1. The third-order valence-corrected chi connectivity index (χ3v) is 2.27. The summed E-state index contributed by atoms with van der Waals surface area (Å²) >= 11 is 0. The molecule has 0 unspecified atom stereocenters. The van der Waals surface area contributed by atoms with Crippen molar-refractivity contribution in [1.29, 1.82) is 0 Å². The number of hydrogen-bond acceptors (Lipinski definition) is 5. The van der Waals surface area contributed by atoms with Gasteiger partial charge in [0.15, 0.2) is 0 Å². The molecule has 0 aliphatic rings. The molecule has 0 aliphatic heterocycles. The van der Waals surface area contributed by atoms with E-state index in [9.17, 15) is 17.8 Å². The molecule has 0 aliphatic carbocycles. The third kappa shape index (κ3) is 6.19. The van der Waals surface area contributed by atoms with Crippen molar-refractivity contribution in [3.63, 3.8) is 0 Å². The fraction of sp³-hybridized carbons (Fsp3) is 0.250. The molecular weight excluding hydrogens is 243 g/mol. The van der Waals surface area contributed by atoms with Crippen molar-refractivity contribution in [1.82, 2.24) is 10.3 Å². The smallest absolute Gasteiger partial charge is 0.748 e. The van der Waals surface area contributed by atoms with Crippen molar-refractivity contribution in [2.45, 2.75) is 0 Å². The second kappa shape index (κ2) is 6.97. The molecule has 0 fully saturated rings. The molecule has 0 atom stereocenters. The van der Waals surface area contributed by atoms with Gasteiger partial charge in [-0.1, -0.05) is 0 Å². The van der Waals surface area contributed by atoms with Crippen LogP contribution in [0.2, 0.25) is 0 Å². The topological polar surface area (TPSA) is 99.2 Å². The Balaban J connectivity index is 0.00000225. The van der Waals surface area contributed by atoms with E-state index in [1.165, 1.54) is 18.5 Å². The number of amides is 1. The number of hydrogen-bond donors (Lipinski definition) is 1. The summed E-state index contributed by atoms with van der Waals surface area (Å²) in [4.78, 5) is 15.0. The summed E-state index contributed by atoms with van der Waals surface area (Å²) in [7, 11) is -4.28. The zero-order valence-corrected chi connectivity index (χ0v) is 11.5. The fourth-order valence-electron chi connectivity index (χ4n) is 0.889. The maximum Gasteiger partial charge on any atom is 1.00 e. The molecule has 6 nitrogen and oxygen atoms in total. The SMILES string of the molecule is O=C(NCCS(=O)(=O)[O-])c1cccnc1.[Na+]. The Hall–Kier alpha value is -0.470. The molecule has 1 amide bonds. The van der Waals surface area contributed by atoms with Gasteiger partial charge in [-0.05, 0) is 12.1 Å². The molecule has 0 radical (unpaired) electrons. The van der Waals surface area contributed by atoms with E-state index in [0.717, 1.165) is 0 Å². The van der Waals surface area contributed by atoms with Gasteiger partial charge in [0.2, 0.25) is 0 Å². The second-order valence-electron chi connectivity index (χ2n) is 2.76. The van der Waals surface area contributed by atoms with E-state index in [0.29, 0.717) is 5.56 Å². The standard InChI is InChI=1S/C8H10N2O4S.Na/c11-8(7-2-1-3-9-6-7)10-4-5-15(12,13)14;/h1-3,6H,4-5H2,(H,10,11)(H,12,13,14);/q;+1/p-1. The van der Waals surface area contributed by atoms with E-state index in [2.05, 4.69) is 10.3 Å². The average molecular weight is 252 g/mol. The second-order valence-corrected chi connectivity index (χ2v) is 4.28. The van der Waals surface area contributed by atoms with Gasteiger partial charge in [0.25, 0.3) is 5.91 Å². The Morgan fingerprint density at radius 3 is 2.69 bits per heavy atom. The summed E-state index contributed by atoms with van der Waals surface area (Å²) in [6, 6.07) is 3.12. The van der Waals surface area contributed by atoms with Gasteiger partial charge >= 0.3 is 29.6 Å². The van der Waals surface area contributed by atoms with Crippen molar-refractivity contribution >= 4 is 16.0 Å². The van der Waals surface area contributed by atoms with Crippen LogP contribution < -0.4 is 34.9 Å². The minimum absolute atomic E-state index is 0. The van der Waals surface area contributed by atoms with E-state index in [1.54, 1.807) is 6.07 Å². The Labute approximate surface area is 115 Å². The summed E-state index contributed by atoms with van der Waals surface area (Å²) < 4.78 is 30.7. The molecule has 82 valence electrons. The van der Waals surface area contributed by atoms with E-state index in [-0.39, 0.29) is 36.1 Å². The predicted molar refractivity (Wildman–Crippen MR) is 51.1 cm³/mol. The first-order chi connectivity index (χ1) is 6.99. The van der Waals surface area contributed by atoms with Gasteiger partial charge < -0.3 is 9.87 Å². The minimum Gasteiger partial charge on any atom is -0.748 e. The largest absolute Gasteiger partial charge is 1.00 e. The van der Waals surface area contributed by atoms with Crippen LogP contribution in [-0.2, 0) is 10.1 Å². The van der Waals surface area contributed by atoms with E-state index >= 15 is 0 Å². The van der Waals surface area contributed by atoms with Crippen LogP contribution in [-0.4, -0.2) is 36.2 Å². The van der Waals surface area contributed by atoms with E-state index in [4.69, 9.17) is 0 Å². The third-order valence-electron chi connectivity index (χ3n) is 1.56. The molecule has 1 N–H and O–H groups in total. The van der Waals surface area contributed by atoms with E-state index in [1.807, 2.05) is 0 Å². The molecule has 0 spiro atoms. The quantitative estimate of drug-likeness (QED) is 0.440. The van der Waals surface area contributed by atoms with Gasteiger partial charge in [0.1, 0.15) is 0 Å². The van der Waals surface area contributed by atoms with Crippen LogP contribution in [0.3, 0.4) is 0 Å². The molecule has 1 heterocycles. The maximum absolute atomic E-state index is 11.3. The van der Waals surface area contributed by atoms with Crippen LogP contribution in [0.15, 0.2) is 24.5 Å². The molecule has 0 saturated heterocycles. The minimum atomic E-state index is -4.28. The Bertz CT molecular complexity index is 435. The van der Waals surface area contributed by atoms with Crippen molar-refractivity contribution in [2.75, 3.05) is 12.3 Å². The van der Waals surface area contributed by atoms with Gasteiger partial charge in [0.05, 0.1) is 21.4 Å². The number of rotatable bonds is 4. The molecule has 8 heteroatoms. The van der Waals surface area contributed by atoms with Crippen molar-refractivity contribution < 1.29 is 47.3 Å². The molecule has 0 bridgehead atoms. The first kappa shape index (κ1) is 15.5. The van der Waals surface area contributed by atoms with Crippen molar-refractivity contribution in [3.8, 4) is 0 Å². The Morgan fingerprint density at radius 1 is 1.50 bits per heavy atom. The van der Waals surface area contributed by atoms with Crippen LogP contribution >= 0.6 is 0 Å². The van der Waals surface area contributed by atoms with Gasteiger partial charge in [-0.15, -0.1) is 0 Å². The zero-order valence-electron chi connectivity index (χ0n) is 8.71. The first-order valence-electron chi connectivity index (χ1n) is 4.11. The molecule has 16 heavy (non-hydrogen) atoms. The zero-order chi connectivity index (χ0) is 11.3. The average Bonchev–Trinajstić information content (AvgIpc) is 2.17. The van der Waals surface area contributed by atoms with Gasteiger partial charge in [0, 0.05) is 18.9 Å². The first-order valence-corrected chi connectivity index (χ1v) is 5.68. The number of carbonyl (C=O) groups excluding carboxylic acids is 1. The molecule has 0 aromatic carbocycles. The van der Waals surface area contributed by atoms with Crippen LogP contribution in [0.5, 0.6) is 0 Å². The van der Waals surface area contributed by atoms with Gasteiger partial charge in [-0.2, -0.15) is 0 Å². The van der Waals surface area contributed by atoms with Crippen LogP contribution in [0.1, 0.15) is 10.4 Å². The van der Waals surface area contributed by atoms with Crippen LogP contribution in [0.25, 0.3) is 0 Å². The number of aromatic nitrogens is 1. The predicted octanol–water partition coefficient (Wildman–Crippen LogP) is -3.64. The summed E-state index contributed by atoms with van der Waals surface area (Å²) in [5, 5.41) is 2.30. The van der Waals surface area contributed by atoms with Crippen LogP contribution in [0.4, 0.5) is 0 Å². The molecule has 1 rings (SSSR count). The molecular formula is C8H9N2NaO4S. The summed E-state index contributed by atoms with van der Waals surface area (Å²) in [6.07, 6.45) is 2.86.